The van der Waals surface area contributed by atoms with Crippen LogP contribution in [-0.2, 0) is 26.7 Å². The van der Waals surface area contributed by atoms with Gasteiger partial charge in [-0.05, 0) is 37.4 Å². The molecule has 21 heavy (non-hydrogen) atoms. The Bertz CT molecular complexity index is 405. The molecule has 0 saturated heterocycles. The van der Waals surface area contributed by atoms with Gasteiger partial charge in [0.05, 0.1) is 0 Å². The summed E-state index contributed by atoms with van der Waals surface area (Å²) in [4.78, 5) is 11.7. The summed E-state index contributed by atoms with van der Waals surface area (Å²) in [7, 11) is -4.58. The Labute approximate surface area is 131 Å². The zero-order chi connectivity index (χ0) is 15.7. The third-order valence-electron chi connectivity index (χ3n) is 3.96. The summed E-state index contributed by atoms with van der Waals surface area (Å²) in [5, 5.41) is 0.417. The van der Waals surface area contributed by atoms with Gasteiger partial charge in [-0.15, -0.1) is 0 Å². The van der Waals surface area contributed by atoms with Crippen molar-refractivity contribution in [2.45, 2.75) is 63.0 Å². The van der Waals surface area contributed by atoms with Gasteiger partial charge in [-0.2, -0.15) is 0 Å². The van der Waals surface area contributed by atoms with Gasteiger partial charge in [0.25, 0.3) is 0 Å². The summed E-state index contributed by atoms with van der Waals surface area (Å²) in [6.45, 7) is 0. The maximum absolute atomic E-state index is 11.7. The van der Waals surface area contributed by atoms with Crippen LogP contribution in [0.5, 0.6) is 0 Å². The van der Waals surface area contributed by atoms with E-state index in [9.17, 15) is 9.18 Å². The smallest absolute Gasteiger partial charge is 0.184 e. The van der Waals surface area contributed by atoms with Gasteiger partial charge >= 0.3 is 0 Å². The van der Waals surface area contributed by atoms with Crippen molar-refractivity contribution in [2.24, 2.45) is 5.92 Å². The minimum Gasteiger partial charge on any atom is -0.746 e. The molecule has 0 aliphatic heterocycles. The maximum atomic E-state index is 11.7. The van der Waals surface area contributed by atoms with Gasteiger partial charge < -0.3 is 4.55 Å². The Balaban J connectivity index is 0.000000315. The third kappa shape index (κ3) is 8.78. The number of thiol groups is 1. The molecule has 0 radical (unpaired) electrons. The highest BCUT2D eigenvalue weighted by atomic mass is 32.2. The second-order valence-corrected chi connectivity index (χ2v) is 8.45. The van der Waals surface area contributed by atoms with Crippen LogP contribution in [0.4, 0.5) is 4.39 Å². The van der Waals surface area contributed by atoms with E-state index in [1.807, 2.05) is 0 Å². The number of hydrogen-bond donors (Lipinski definition) is 0. The third-order valence-corrected chi connectivity index (χ3v) is 5.95. The molecule has 0 heterocycles. The van der Waals surface area contributed by atoms with Crippen molar-refractivity contribution in [2.75, 3.05) is 11.8 Å². The summed E-state index contributed by atoms with van der Waals surface area (Å²) in [6.07, 6.45) is 11.6. The zero-order valence-electron chi connectivity index (χ0n) is 12.3. The Hall–Kier alpha value is -0.140. The van der Waals surface area contributed by atoms with E-state index in [1.54, 1.807) is 0 Å². The van der Waals surface area contributed by atoms with E-state index >= 15 is 0 Å². The first kappa shape index (κ1) is 18.9. The normalized spacial score (nSPS) is 24.3. The fraction of sp³-hybridized carbons (Fsp3) is 0.929. The molecule has 1 atom stereocenters. The van der Waals surface area contributed by atoms with Gasteiger partial charge in [0, 0.05) is 18.8 Å². The molecule has 2 aliphatic rings. The standard InChI is InChI=1S/C13H22OS.CH3FO3S/c14-12-8-4-5-9-13(12)15-10-11-6-2-1-3-7-11;2-1-6(3,4)5/h11,13H,1-10H2;1H2,(H,3,4,5). The molecular weight excluding hydrogens is 315 g/mol. The summed E-state index contributed by atoms with van der Waals surface area (Å²) < 4.78 is 37.8. The van der Waals surface area contributed by atoms with Crippen LogP contribution in [0.3, 0.4) is 0 Å². The quantitative estimate of drug-likeness (QED) is 0.447. The molecule has 2 saturated carbocycles. The van der Waals surface area contributed by atoms with Crippen LogP contribution in [0.1, 0.15) is 57.8 Å². The second-order valence-electron chi connectivity index (χ2n) is 5.76. The first-order valence-electron chi connectivity index (χ1n) is 7.61. The fourth-order valence-electron chi connectivity index (χ4n) is 2.80. The molecular formula is C14H25FO4S2. The summed E-state index contributed by atoms with van der Waals surface area (Å²) in [5.74, 6) is 2.80. The molecule has 124 valence electrons. The predicted molar refractivity (Wildman–Crippen MR) is 83.1 cm³/mol. The summed E-state index contributed by atoms with van der Waals surface area (Å²) in [6, 6.07) is -1.81. The first-order chi connectivity index (χ1) is 9.92. The summed E-state index contributed by atoms with van der Waals surface area (Å²) in [5.41, 5.74) is 0. The number of Topliss-reactive ketones (excluding diaryl/α,β-unsaturated/α-hetero) is 1. The molecule has 0 aromatic rings. The lowest BCUT2D eigenvalue weighted by Gasteiger charge is -2.20. The Morgan fingerprint density at radius 3 is 2.19 bits per heavy atom. The minimum atomic E-state index is -4.58. The largest absolute Gasteiger partial charge is 0.746 e. The number of carbonyl (C=O) groups is 1. The SMILES string of the molecule is O=C1CCCCC1[SH+]CC1CCCCC1.O=S(=O)([O-])CF. The number of alkyl halides is 1. The topological polar surface area (TPSA) is 74.3 Å². The second kappa shape index (κ2) is 9.79. The molecule has 0 N–H and O–H groups in total. The average Bonchev–Trinajstić information content (AvgIpc) is 2.47. The van der Waals surface area contributed by atoms with Crippen molar-refractivity contribution >= 4 is 27.7 Å². The molecule has 2 rings (SSSR count). The van der Waals surface area contributed by atoms with E-state index in [0.717, 1.165) is 18.8 Å². The van der Waals surface area contributed by atoms with E-state index in [1.165, 1.54) is 62.5 Å². The highest BCUT2D eigenvalue weighted by Crippen LogP contribution is 2.26. The van der Waals surface area contributed by atoms with Gasteiger partial charge in [0.15, 0.2) is 17.0 Å². The number of carbonyl (C=O) groups excluding carboxylic acids is 1. The molecule has 4 nitrogen and oxygen atoms in total. The Morgan fingerprint density at radius 2 is 1.67 bits per heavy atom. The first-order valence-corrected chi connectivity index (χ1v) is 10.3. The average molecular weight is 340 g/mol. The number of rotatable bonds is 4. The number of ketones is 1. The molecule has 2 aliphatic carbocycles. The van der Waals surface area contributed by atoms with Crippen molar-refractivity contribution < 1.29 is 22.2 Å². The van der Waals surface area contributed by atoms with Crippen molar-refractivity contribution in [3.63, 3.8) is 0 Å². The van der Waals surface area contributed by atoms with Crippen molar-refractivity contribution in [3.05, 3.63) is 0 Å². The van der Waals surface area contributed by atoms with Gasteiger partial charge in [-0.1, -0.05) is 19.3 Å². The van der Waals surface area contributed by atoms with Crippen molar-refractivity contribution in [1.29, 1.82) is 0 Å². The zero-order valence-corrected chi connectivity index (χ0v) is 14.0. The summed E-state index contributed by atoms with van der Waals surface area (Å²) >= 11 is 1.45. The van der Waals surface area contributed by atoms with Crippen LogP contribution in [0, 0.1) is 5.92 Å². The molecule has 0 amide bonds. The minimum absolute atomic E-state index is 0.417. The lowest BCUT2D eigenvalue weighted by molar-refractivity contribution is -0.119. The molecule has 2 fully saturated rings. The van der Waals surface area contributed by atoms with Gasteiger partial charge in [0.2, 0.25) is 0 Å². The van der Waals surface area contributed by atoms with Crippen molar-refractivity contribution in [3.8, 4) is 0 Å². The van der Waals surface area contributed by atoms with E-state index in [4.69, 9.17) is 13.0 Å². The molecule has 1 unspecified atom stereocenters. The molecule has 0 aromatic heterocycles. The van der Waals surface area contributed by atoms with Gasteiger partial charge in [-0.25, -0.2) is 12.8 Å². The molecule has 0 bridgehead atoms. The highest BCUT2D eigenvalue weighted by molar-refractivity contribution is 7.85. The van der Waals surface area contributed by atoms with Crippen LogP contribution in [0.15, 0.2) is 0 Å². The number of halogens is 1. The predicted octanol–water partition coefficient (Wildman–Crippen LogP) is 2.35. The van der Waals surface area contributed by atoms with Crippen molar-refractivity contribution in [1.82, 2.24) is 0 Å². The van der Waals surface area contributed by atoms with E-state index in [0.29, 0.717) is 11.0 Å². The lowest BCUT2D eigenvalue weighted by Crippen LogP contribution is -2.29. The van der Waals surface area contributed by atoms with E-state index < -0.39 is 16.1 Å². The maximum Gasteiger partial charge on any atom is 0.184 e. The van der Waals surface area contributed by atoms with Gasteiger partial charge in [-0.3, -0.25) is 4.79 Å². The monoisotopic (exact) mass is 340 g/mol. The number of hydrogen-bond acceptors (Lipinski definition) is 4. The van der Waals surface area contributed by atoms with E-state index in [2.05, 4.69) is 0 Å². The van der Waals surface area contributed by atoms with E-state index in [-0.39, 0.29) is 0 Å². The highest BCUT2D eigenvalue weighted by Gasteiger charge is 2.30. The van der Waals surface area contributed by atoms with Crippen LogP contribution < -0.4 is 0 Å². The Kier molecular flexibility index (Phi) is 8.82. The molecule has 0 spiro atoms. The van der Waals surface area contributed by atoms with Gasteiger partial charge in [0.1, 0.15) is 15.9 Å². The lowest BCUT2D eigenvalue weighted by atomic mass is 9.91. The van der Waals surface area contributed by atoms with Crippen LogP contribution in [0.25, 0.3) is 0 Å². The fourth-order valence-corrected chi connectivity index (χ4v) is 4.42. The van der Waals surface area contributed by atoms with Crippen LogP contribution in [-0.4, -0.2) is 35.8 Å². The van der Waals surface area contributed by atoms with Crippen LogP contribution in [0.2, 0.25) is 0 Å². The van der Waals surface area contributed by atoms with Crippen LogP contribution >= 0.6 is 0 Å². The molecule has 0 aromatic carbocycles. The Morgan fingerprint density at radius 1 is 1.10 bits per heavy atom. The molecule has 7 heteroatoms.